The molecule has 2 rings (SSSR count). The first-order valence-corrected chi connectivity index (χ1v) is 6.30. The third-order valence-corrected chi connectivity index (χ3v) is 4.34. The van der Waals surface area contributed by atoms with Gasteiger partial charge < -0.3 is 10.1 Å². The predicted molar refractivity (Wildman–Crippen MR) is 69.8 cm³/mol. The van der Waals surface area contributed by atoms with Crippen LogP contribution in [0.2, 0.25) is 0 Å². The van der Waals surface area contributed by atoms with Gasteiger partial charge in [0.05, 0.1) is 12.5 Å². The summed E-state index contributed by atoms with van der Waals surface area (Å²) < 4.78 is 4.16. The second kappa shape index (κ2) is 4.59. The Bertz CT molecular complexity index is 479. The van der Waals surface area contributed by atoms with Crippen molar-refractivity contribution in [1.29, 1.82) is 0 Å². The van der Waals surface area contributed by atoms with Crippen molar-refractivity contribution >= 4 is 29.1 Å². The standard InChI is InChI=1S/C12H14Cl2N2O2/c1-11(7-12(11,13)14)10(17)16-6-8-4-3-5-15-9(8)18-2/h3-5H,6-7H2,1-2H3,(H,16,17)/t11-/m0/s1. The van der Waals surface area contributed by atoms with Crippen molar-refractivity contribution in [2.75, 3.05) is 7.11 Å². The van der Waals surface area contributed by atoms with Crippen molar-refractivity contribution in [2.45, 2.75) is 24.2 Å². The van der Waals surface area contributed by atoms with Crippen LogP contribution in [0.4, 0.5) is 0 Å². The van der Waals surface area contributed by atoms with E-state index in [0.717, 1.165) is 5.56 Å². The van der Waals surface area contributed by atoms with Crippen LogP contribution in [0.5, 0.6) is 5.88 Å². The van der Waals surface area contributed by atoms with E-state index in [-0.39, 0.29) is 5.91 Å². The highest BCUT2D eigenvalue weighted by atomic mass is 35.5. The zero-order valence-corrected chi connectivity index (χ0v) is 11.7. The number of rotatable bonds is 4. The second-order valence-electron chi connectivity index (χ2n) is 4.57. The molecule has 1 aromatic heterocycles. The summed E-state index contributed by atoms with van der Waals surface area (Å²) in [5.41, 5.74) is 0.110. The fourth-order valence-corrected chi connectivity index (χ4v) is 2.47. The molecule has 1 saturated carbocycles. The molecule has 0 bridgehead atoms. The van der Waals surface area contributed by atoms with Crippen molar-refractivity contribution in [1.82, 2.24) is 10.3 Å². The first-order valence-electron chi connectivity index (χ1n) is 5.55. The summed E-state index contributed by atoms with van der Waals surface area (Å²) in [6, 6.07) is 3.63. The third kappa shape index (κ3) is 2.27. The molecule has 0 aromatic carbocycles. The predicted octanol–water partition coefficient (Wildman–Crippen LogP) is 2.29. The summed E-state index contributed by atoms with van der Waals surface area (Å²) in [5.74, 6) is 0.347. The van der Waals surface area contributed by atoms with E-state index < -0.39 is 9.75 Å². The number of hydrogen-bond acceptors (Lipinski definition) is 3. The van der Waals surface area contributed by atoms with Crippen LogP contribution < -0.4 is 10.1 Å². The highest BCUT2D eigenvalue weighted by Gasteiger charge is 2.67. The Balaban J connectivity index is 1.99. The second-order valence-corrected chi connectivity index (χ2v) is 6.05. The average Bonchev–Trinajstić information content (AvgIpc) is 2.87. The normalized spacial score (nSPS) is 24.4. The molecule has 1 heterocycles. The Labute approximate surface area is 116 Å². The van der Waals surface area contributed by atoms with Gasteiger partial charge in [-0.2, -0.15) is 0 Å². The lowest BCUT2D eigenvalue weighted by atomic mass is 10.1. The van der Waals surface area contributed by atoms with Crippen LogP contribution in [-0.4, -0.2) is 22.3 Å². The molecule has 0 aliphatic heterocycles. The quantitative estimate of drug-likeness (QED) is 0.865. The summed E-state index contributed by atoms with van der Waals surface area (Å²) >= 11 is 11.9. The number of aromatic nitrogens is 1. The third-order valence-electron chi connectivity index (χ3n) is 3.24. The van der Waals surface area contributed by atoms with Gasteiger partial charge in [-0.15, -0.1) is 23.2 Å². The monoisotopic (exact) mass is 288 g/mol. The number of ether oxygens (including phenoxy) is 1. The van der Waals surface area contributed by atoms with E-state index in [1.54, 1.807) is 26.3 Å². The molecular formula is C12H14Cl2N2O2. The van der Waals surface area contributed by atoms with E-state index in [1.807, 2.05) is 6.07 Å². The van der Waals surface area contributed by atoms with Gasteiger partial charge in [0.15, 0.2) is 0 Å². The van der Waals surface area contributed by atoms with E-state index in [2.05, 4.69) is 10.3 Å². The maximum absolute atomic E-state index is 12.0. The summed E-state index contributed by atoms with van der Waals surface area (Å²) in [6.07, 6.45) is 2.11. The Morgan fingerprint density at radius 1 is 1.61 bits per heavy atom. The number of hydrogen-bond donors (Lipinski definition) is 1. The number of amides is 1. The fraction of sp³-hybridized carbons (Fsp3) is 0.500. The number of methoxy groups -OCH3 is 1. The minimum atomic E-state index is -0.948. The molecular weight excluding hydrogens is 275 g/mol. The molecule has 18 heavy (non-hydrogen) atoms. The number of carbonyl (C=O) groups excluding carboxylic acids is 1. The largest absolute Gasteiger partial charge is 0.481 e. The van der Waals surface area contributed by atoms with Crippen LogP contribution in [0, 0.1) is 5.41 Å². The highest BCUT2D eigenvalue weighted by Crippen LogP contribution is 2.63. The van der Waals surface area contributed by atoms with Crippen LogP contribution >= 0.6 is 23.2 Å². The molecule has 0 saturated heterocycles. The van der Waals surface area contributed by atoms with Crippen molar-refractivity contribution in [3.05, 3.63) is 23.9 Å². The number of nitrogens with zero attached hydrogens (tertiary/aromatic N) is 1. The lowest BCUT2D eigenvalue weighted by Crippen LogP contribution is -2.32. The molecule has 98 valence electrons. The lowest BCUT2D eigenvalue weighted by Gasteiger charge is -2.13. The molecule has 0 unspecified atom stereocenters. The summed E-state index contributed by atoms with van der Waals surface area (Å²) in [6.45, 7) is 2.10. The van der Waals surface area contributed by atoms with Gasteiger partial charge in [-0.25, -0.2) is 4.98 Å². The molecule has 6 heteroatoms. The molecule has 1 aliphatic rings. The van der Waals surface area contributed by atoms with Gasteiger partial charge in [0.2, 0.25) is 11.8 Å². The van der Waals surface area contributed by atoms with E-state index in [4.69, 9.17) is 27.9 Å². The SMILES string of the molecule is COc1ncccc1CNC(=O)[C@]1(C)CC1(Cl)Cl. The minimum absolute atomic E-state index is 0.154. The molecule has 1 atom stereocenters. The van der Waals surface area contributed by atoms with Crippen LogP contribution in [-0.2, 0) is 11.3 Å². The fourth-order valence-electron chi connectivity index (χ4n) is 1.76. The van der Waals surface area contributed by atoms with Gasteiger partial charge in [-0.1, -0.05) is 6.07 Å². The number of carbonyl (C=O) groups is 1. The van der Waals surface area contributed by atoms with Gasteiger partial charge >= 0.3 is 0 Å². The maximum atomic E-state index is 12.0. The summed E-state index contributed by atoms with van der Waals surface area (Å²) in [4.78, 5) is 16.0. The number of nitrogens with one attached hydrogen (secondary N) is 1. The Kier molecular flexibility index (Phi) is 3.43. The Morgan fingerprint density at radius 3 is 2.83 bits per heavy atom. The van der Waals surface area contributed by atoms with Crippen molar-refractivity contribution in [3.63, 3.8) is 0 Å². The van der Waals surface area contributed by atoms with E-state index in [1.165, 1.54) is 0 Å². The first kappa shape index (κ1) is 13.4. The molecule has 4 nitrogen and oxygen atoms in total. The minimum Gasteiger partial charge on any atom is -0.481 e. The van der Waals surface area contributed by atoms with Gasteiger partial charge in [0.1, 0.15) is 4.33 Å². The lowest BCUT2D eigenvalue weighted by molar-refractivity contribution is -0.125. The van der Waals surface area contributed by atoms with Gasteiger partial charge in [-0.05, 0) is 19.4 Å². The van der Waals surface area contributed by atoms with Gasteiger partial charge in [-0.3, -0.25) is 4.79 Å². The van der Waals surface area contributed by atoms with Gasteiger partial charge in [0, 0.05) is 18.3 Å². The van der Waals surface area contributed by atoms with Crippen LogP contribution in [0.3, 0.4) is 0 Å². The Hall–Kier alpha value is -1.000. The topological polar surface area (TPSA) is 51.2 Å². The smallest absolute Gasteiger partial charge is 0.229 e. The van der Waals surface area contributed by atoms with E-state index >= 15 is 0 Å². The highest BCUT2D eigenvalue weighted by molar-refractivity contribution is 6.53. The maximum Gasteiger partial charge on any atom is 0.229 e. The number of halogens is 2. The molecule has 1 N–H and O–H groups in total. The van der Waals surface area contributed by atoms with E-state index in [0.29, 0.717) is 18.8 Å². The molecule has 1 aromatic rings. The number of alkyl halides is 2. The van der Waals surface area contributed by atoms with E-state index in [9.17, 15) is 4.79 Å². The first-order chi connectivity index (χ1) is 8.40. The summed E-state index contributed by atoms with van der Waals surface area (Å²) in [7, 11) is 1.54. The molecule has 0 spiro atoms. The van der Waals surface area contributed by atoms with Crippen molar-refractivity contribution < 1.29 is 9.53 Å². The Morgan fingerprint density at radius 2 is 2.28 bits per heavy atom. The van der Waals surface area contributed by atoms with Crippen molar-refractivity contribution in [2.24, 2.45) is 5.41 Å². The van der Waals surface area contributed by atoms with Crippen molar-refractivity contribution in [3.8, 4) is 5.88 Å². The van der Waals surface area contributed by atoms with Crippen LogP contribution in [0.1, 0.15) is 18.9 Å². The average molecular weight is 289 g/mol. The molecule has 1 fully saturated rings. The zero-order chi connectivity index (χ0) is 13.4. The van der Waals surface area contributed by atoms with Gasteiger partial charge in [0.25, 0.3) is 0 Å². The van der Waals surface area contributed by atoms with Crippen LogP contribution in [0.15, 0.2) is 18.3 Å². The zero-order valence-electron chi connectivity index (χ0n) is 10.2. The number of pyridine rings is 1. The van der Waals surface area contributed by atoms with Crippen LogP contribution in [0.25, 0.3) is 0 Å². The molecule has 0 radical (unpaired) electrons. The molecule has 1 aliphatic carbocycles. The summed E-state index contributed by atoms with van der Waals surface area (Å²) in [5, 5.41) is 2.80. The molecule has 1 amide bonds.